The number of amides is 2. The number of H-pyrrole nitrogens is 2. The first-order valence-electron chi connectivity index (χ1n) is 26.8. The molecule has 0 radical (unpaired) electrons. The molecule has 9 atom stereocenters. The average Bonchev–Trinajstić information content (AvgIpc) is 4.24. The van der Waals surface area contributed by atoms with E-state index in [0.717, 1.165) is 0 Å². The number of phosphoric ester groups is 1. The van der Waals surface area contributed by atoms with Gasteiger partial charge in [0.2, 0.25) is 23.7 Å². The third-order valence-electron chi connectivity index (χ3n) is 14.4. The van der Waals surface area contributed by atoms with Crippen LogP contribution >= 0.6 is 37.1 Å². The number of alkyl halides is 1. The van der Waals surface area contributed by atoms with Crippen LogP contribution in [0.15, 0.2) is 22.2 Å². The molecule has 0 aliphatic carbocycles. The molecule has 0 aromatic carbocycles. The first kappa shape index (κ1) is 67.9. The number of phosphoric acid groups is 1. The first-order chi connectivity index (χ1) is 38.7. The lowest BCUT2D eigenvalue weighted by molar-refractivity contribution is -0.119. The number of anilines is 2. The number of aromatic nitrogens is 8. The average molecular weight is 1360 g/mol. The van der Waals surface area contributed by atoms with E-state index in [0.29, 0.717) is 0 Å². The van der Waals surface area contributed by atoms with Crippen LogP contribution in [-0.2, 0) is 71.4 Å². The van der Waals surface area contributed by atoms with E-state index in [1.165, 1.54) is 21.8 Å². The fourth-order valence-electron chi connectivity index (χ4n) is 7.80. The SMILES string of the molecule is CC(C)C(=O)Nc1nc2c(ncn2[C@@H]2O[C@H](COP(=O)(OCCC#N)O[C@H]3[C@@H](O[Si](C)(C)C(C)(C)C)[C@H](n4cnc5c(=O)[nH]c(NC(=O)C(C)C)nc54)O[C@@H]3CI)[C@@H](O[Si](C)(C)C(C)(C)C)[C@H]2OP(=S)(OCCC#N)OCCC#N)c(=O)[nH]1. The van der Waals surface area contributed by atoms with Gasteiger partial charge in [-0.15, -0.1) is 0 Å². The van der Waals surface area contributed by atoms with Crippen LogP contribution in [-0.4, -0.2) is 135 Å². The van der Waals surface area contributed by atoms with Crippen molar-refractivity contribution in [1.82, 2.24) is 39.0 Å². The molecule has 6 rings (SSSR count). The van der Waals surface area contributed by atoms with Gasteiger partial charge < -0.3 is 27.4 Å². The van der Waals surface area contributed by atoms with Crippen LogP contribution in [0.4, 0.5) is 11.9 Å². The maximum Gasteiger partial charge on any atom is 0.475 e. The Morgan fingerprint density at radius 1 is 0.699 bits per heavy atom. The topological polar surface area (TPSA) is 366 Å². The lowest BCUT2D eigenvalue weighted by Gasteiger charge is -2.41. The van der Waals surface area contributed by atoms with Crippen molar-refractivity contribution in [2.24, 2.45) is 11.8 Å². The van der Waals surface area contributed by atoms with E-state index >= 15 is 4.57 Å². The Hall–Kier alpha value is -4.25. The highest BCUT2D eigenvalue weighted by atomic mass is 127. The van der Waals surface area contributed by atoms with Crippen molar-refractivity contribution in [3.8, 4) is 18.2 Å². The number of aromatic amines is 2. The lowest BCUT2D eigenvalue weighted by atomic mass is 10.1. The van der Waals surface area contributed by atoms with Crippen molar-refractivity contribution in [1.29, 1.82) is 15.8 Å². The number of carbonyl (C=O) groups is 2. The summed E-state index contributed by atoms with van der Waals surface area (Å²) in [5.74, 6) is -2.11. The standard InChI is InChI=1S/C49H74IN13O15P2SSi2/c1-28(2)40(64)58-46-56-38-32(42(66)60-46)54-26-62(38)44-36(76-80(81,70-22-16-19-52)71-23-17-20-53)35(77-82(11,12)48(5,6)7)31(74-44)25-72-79(68,69-21-15-18-51)75-34-30(24-50)73-45(37(34)78-83(13,14)49(8,9)10)63-27-55-33-39(63)57-47(61-43(33)67)59-41(65)29(3)4/h26-31,34-37,44-45H,15-17,21-25H2,1-14H3,(H2,56,58,60,64,66)(H2,57,59,61,65,67)/t30-,31-,34-,35-,36-,37-,44-,45-,79?/m1/s1. The maximum atomic E-state index is 15.8. The minimum atomic E-state index is -4.95. The molecule has 4 aromatic heterocycles. The van der Waals surface area contributed by atoms with E-state index in [1.54, 1.807) is 27.7 Å². The normalized spacial score (nSPS) is 22.4. The van der Waals surface area contributed by atoms with Crippen LogP contribution in [0.5, 0.6) is 0 Å². The number of ether oxygens (including phenoxy) is 2. The highest BCUT2D eigenvalue weighted by Crippen LogP contribution is 2.58. The van der Waals surface area contributed by atoms with Crippen molar-refractivity contribution in [3.63, 3.8) is 0 Å². The molecular weight excluding hydrogens is 1290 g/mol. The van der Waals surface area contributed by atoms with Gasteiger partial charge in [0.15, 0.2) is 51.4 Å². The van der Waals surface area contributed by atoms with E-state index in [1.807, 2.05) is 85.9 Å². The maximum absolute atomic E-state index is 15.8. The fourth-order valence-corrected chi connectivity index (χ4v) is 14.6. The zero-order valence-electron chi connectivity index (χ0n) is 48.9. The number of rotatable bonds is 27. The van der Waals surface area contributed by atoms with Gasteiger partial charge in [-0.05, 0) is 48.1 Å². The molecule has 1 unspecified atom stereocenters. The Bertz CT molecular complexity index is 3310. The van der Waals surface area contributed by atoms with Gasteiger partial charge in [0.25, 0.3) is 11.1 Å². The number of nitriles is 3. The molecule has 0 bridgehead atoms. The Balaban J connectivity index is 1.49. The number of fused-ring (bicyclic) bond motifs is 2. The second-order valence-electron chi connectivity index (χ2n) is 23.3. The zero-order valence-corrected chi connectivity index (χ0v) is 55.7. The van der Waals surface area contributed by atoms with Gasteiger partial charge in [-0.25, -0.2) is 14.5 Å². The largest absolute Gasteiger partial charge is 0.475 e. The van der Waals surface area contributed by atoms with E-state index in [2.05, 4.69) is 63.1 Å². The van der Waals surface area contributed by atoms with Crippen LogP contribution < -0.4 is 21.8 Å². The summed E-state index contributed by atoms with van der Waals surface area (Å²) in [5, 5.41) is 33.1. The highest BCUT2D eigenvalue weighted by Gasteiger charge is 2.57. The van der Waals surface area contributed by atoms with Gasteiger partial charge in [0.1, 0.15) is 30.5 Å². The zero-order chi connectivity index (χ0) is 61.6. The molecule has 2 amide bonds. The summed E-state index contributed by atoms with van der Waals surface area (Å²) < 4.78 is 84.8. The summed E-state index contributed by atoms with van der Waals surface area (Å²) >= 11 is 8.10. The molecular formula is C49H74IN13O15P2SSi2. The first-order valence-corrected chi connectivity index (χ1v) is 38.1. The molecule has 4 N–H and O–H groups in total. The van der Waals surface area contributed by atoms with Crippen LogP contribution in [0.3, 0.4) is 0 Å². The number of imidazole rings is 2. The Labute approximate surface area is 501 Å². The lowest BCUT2D eigenvalue weighted by Crippen LogP contribution is -2.50. The molecule has 83 heavy (non-hydrogen) atoms. The van der Waals surface area contributed by atoms with E-state index in [4.69, 9.17) is 57.3 Å². The predicted octanol–water partition coefficient (Wildman–Crippen LogP) is 8.36. The molecule has 2 saturated heterocycles. The minimum absolute atomic E-state index is 0.0372. The van der Waals surface area contributed by atoms with Gasteiger partial charge in [0, 0.05) is 16.3 Å². The molecule has 2 fully saturated rings. The number of carbonyl (C=O) groups excluding carboxylic acids is 2. The third kappa shape index (κ3) is 16.2. The van der Waals surface area contributed by atoms with Crippen LogP contribution in [0, 0.1) is 45.8 Å². The van der Waals surface area contributed by atoms with Crippen molar-refractivity contribution in [3.05, 3.63) is 33.4 Å². The summed E-state index contributed by atoms with van der Waals surface area (Å²) in [4.78, 5) is 75.8. The summed E-state index contributed by atoms with van der Waals surface area (Å²) in [6.07, 6.45) is -7.65. The summed E-state index contributed by atoms with van der Waals surface area (Å²) in [5.41, 5.74) is -1.61. The fraction of sp³-hybridized carbons (Fsp3) is 0.694. The van der Waals surface area contributed by atoms with Gasteiger partial charge in [-0.1, -0.05) is 91.8 Å². The van der Waals surface area contributed by atoms with Crippen molar-refractivity contribution in [2.45, 2.75) is 174 Å². The Morgan fingerprint density at radius 2 is 1.12 bits per heavy atom. The molecule has 2 aliphatic rings. The second kappa shape index (κ2) is 27.6. The number of halogens is 1. The summed E-state index contributed by atoms with van der Waals surface area (Å²) in [7, 11) is -10.8. The molecule has 2 aliphatic heterocycles. The second-order valence-corrected chi connectivity index (χ2v) is 38.3. The molecule has 456 valence electrons. The Morgan fingerprint density at radius 3 is 1.54 bits per heavy atom. The van der Waals surface area contributed by atoms with Gasteiger partial charge in [-0.3, -0.25) is 67.0 Å². The number of hydrogen-bond acceptors (Lipinski definition) is 23. The van der Waals surface area contributed by atoms with E-state index < -0.39 is 138 Å². The quantitative estimate of drug-likeness (QED) is 0.0143. The van der Waals surface area contributed by atoms with Gasteiger partial charge in [-0.2, -0.15) is 25.8 Å². The van der Waals surface area contributed by atoms with Crippen LogP contribution in [0.1, 0.15) is 101 Å². The third-order valence-corrected chi connectivity index (χ3v) is 28.1. The monoisotopic (exact) mass is 1360 g/mol. The molecule has 6 heterocycles. The molecule has 4 aromatic rings. The van der Waals surface area contributed by atoms with E-state index in [9.17, 15) is 35.0 Å². The molecule has 34 heteroatoms. The smallest absolute Gasteiger partial charge is 0.408 e. The summed E-state index contributed by atoms with van der Waals surface area (Å²) in [6, 6.07) is 5.99. The summed E-state index contributed by atoms with van der Waals surface area (Å²) in [6.45, 7) is 21.2. The minimum Gasteiger partial charge on any atom is -0.408 e. The van der Waals surface area contributed by atoms with Crippen LogP contribution in [0.25, 0.3) is 22.3 Å². The number of nitrogens with one attached hydrogen (secondary N) is 4. The number of hydrogen-bond donors (Lipinski definition) is 4. The molecule has 28 nitrogen and oxygen atoms in total. The highest BCUT2D eigenvalue weighted by molar-refractivity contribution is 14.1. The molecule has 0 spiro atoms. The predicted molar refractivity (Wildman–Crippen MR) is 320 cm³/mol. The Kier molecular flexibility index (Phi) is 22.6. The van der Waals surface area contributed by atoms with Crippen LogP contribution in [0.2, 0.25) is 36.3 Å². The molecule has 0 saturated carbocycles. The van der Waals surface area contributed by atoms with Crippen molar-refractivity contribution >= 4 is 112 Å². The van der Waals surface area contributed by atoms with Gasteiger partial charge >= 0.3 is 14.5 Å². The number of nitrogens with zero attached hydrogens (tertiary/aromatic N) is 9. The van der Waals surface area contributed by atoms with Gasteiger partial charge in [0.05, 0.1) is 82.7 Å². The van der Waals surface area contributed by atoms with Crippen molar-refractivity contribution in [2.75, 3.05) is 41.5 Å². The van der Waals surface area contributed by atoms with E-state index in [-0.39, 0.29) is 71.1 Å². The van der Waals surface area contributed by atoms with Crippen molar-refractivity contribution < 1.29 is 59.6 Å².